The van der Waals surface area contributed by atoms with Gasteiger partial charge < -0.3 is 5.32 Å². The van der Waals surface area contributed by atoms with Crippen LogP contribution in [0.4, 0.5) is 0 Å². The van der Waals surface area contributed by atoms with Gasteiger partial charge in [0.05, 0.1) is 6.54 Å². The Labute approximate surface area is 90.1 Å². The monoisotopic (exact) mass is 216 g/mol. The van der Waals surface area contributed by atoms with E-state index in [4.69, 9.17) is 5.84 Å². The molecular formula is C9H20N4S. The van der Waals surface area contributed by atoms with Gasteiger partial charge >= 0.3 is 0 Å². The largest absolute Gasteiger partial charge is 0.355 e. The first kappa shape index (κ1) is 11.7. The number of nitrogens with one attached hydrogen (secondary N) is 2. The van der Waals surface area contributed by atoms with Crippen molar-refractivity contribution in [3.8, 4) is 0 Å². The first-order valence-corrected chi connectivity index (χ1v) is 6.29. The molecule has 5 heteroatoms. The summed E-state index contributed by atoms with van der Waals surface area (Å²) in [7, 11) is 0. The van der Waals surface area contributed by atoms with Crippen LogP contribution >= 0.6 is 11.8 Å². The summed E-state index contributed by atoms with van der Waals surface area (Å²) in [5.41, 5.74) is 2.59. The van der Waals surface area contributed by atoms with E-state index in [1.165, 1.54) is 12.8 Å². The summed E-state index contributed by atoms with van der Waals surface area (Å²) in [6.45, 7) is 3.89. The fourth-order valence-corrected chi connectivity index (χ4v) is 1.89. The molecule has 1 aliphatic rings. The summed E-state index contributed by atoms with van der Waals surface area (Å²) in [5.74, 6) is 6.07. The molecule has 1 rings (SSSR count). The van der Waals surface area contributed by atoms with Gasteiger partial charge in [-0.1, -0.05) is 6.92 Å². The van der Waals surface area contributed by atoms with E-state index >= 15 is 0 Å². The lowest BCUT2D eigenvalue weighted by Gasteiger charge is -2.11. The van der Waals surface area contributed by atoms with Crippen LogP contribution in [0.25, 0.3) is 0 Å². The number of hydrogen-bond acceptors (Lipinski definition) is 3. The number of aliphatic imine (C=N–C) groups is 1. The highest BCUT2D eigenvalue weighted by Crippen LogP contribution is 2.47. The van der Waals surface area contributed by atoms with Crippen LogP contribution in [-0.2, 0) is 0 Å². The average Bonchev–Trinajstić information content (AvgIpc) is 2.99. The first-order chi connectivity index (χ1) is 6.76. The zero-order valence-electron chi connectivity index (χ0n) is 8.97. The highest BCUT2D eigenvalue weighted by Gasteiger charge is 2.41. The van der Waals surface area contributed by atoms with Gasteiger partial charge in [-0.3, -0.25) is 10.4 Å². The Kier molecular flexibility index (Phi) is 4.54. The van der Waals surface area contributed by atoms with E-state index in [1.807, 2.05) is 11.8 Å². The van der Waals surface area contributed by atoms with E-state index in [1.54, 1.807) is 0 Å². The third-order valence-corrected chi connectivity index (χ3v) is 3.85. The van der Waals surface area contributed by atoms with Gasteiger partial charge in [-0.2, -0.15) is 11.8 Å². The molecule has 0 spiro atoms. The SMILES string of the molecule is CCCNC(=NCC1(SC)CC1)NN. The quantitative estimate of drug-likeness (QED) is 0.274. The standard InChI is InChI=1S/C9H20N4S/c1-3-6-11-8(13-10)12-7-9(14-2)4-5-9/h3-7,10H2,1-2H3,(H2,11,12,13). The Morgan fingerprint density at radius 3 is 2.71 bits per heavy atom. The normalized spacial score (nSPS) is 19.2. The van der Waals surface area contributed by atoms with E-state index in [0.29, 0.717) is 10.7 Å². The van der Waals surface area contributed by atoms with Crippen molar-refractivity contribution in [2.45, 2.75) is 30.9 Å². The van der Waals surface area contributed by atoms with Crippen LogP contribution < -0.4 is 16.6 Å². The molecule has 0 amide bonds. The molecule has 82 valence electrons. The van der Waals surface area contributed by atoms with Crippen LogP contribution in [0.15, 0.2) is 4.99 Å². The minimum atomic E-state index is 0.413. The summed E-state index contributed by atoms with van der Waals surface area (Å²) in [6, 6.07) is 0. The topological polar surface area (TPSA) is 62.4 Å². The molecule has 4 N–H and O–H groups in total. The predicted molar refractivity (Wildman–Crippen MR) is 63.4 cm³/mol. The molecule has 0 aromatic heterocycles. The number of guanidine groups is 1. The second-order valence-corrected chi connectivity index (χ2v) is 4.90. The van der Waals surface area contributed by atoms with Crippen molar-refractivity contribution >= 4 is 17.7 Å². The van der Waals surface area contributed by atoms with Crippen LogP contribution in [0.1, 0.15) is 26.2 Å². The van der Waals surface area contributed by atoms with Crippen molar-refractivity contribution in [2.75, 3.05) is 19.3 Å². The molecule has 0 radical (unpaired) electrons. The van der Waals surface area contributed by atoms with Crippen LogP contribution in [0.5, 0.6) is 0 Å². The van der Waals surface area contributed by atoms with Crippen LogP contribution in [0.2, 0.25) is 0 Å². The van der Waals surface area contributed by atoms with Crippen molar-refractivity contribution < 1.29 is 0 Å². The van der Waals surface area contributed by atoms with Gasteiger partial charge in [0.25, 0.3) is 0 Å². The number of nitrogens with two attached hydrogens (primary N) is 1. The fourth-order valence-electron chi connectivity index (χ4n) is 1.19. The number of nitrogens with zero attached hydrogens (tertiary/aromatic N) is 1. The maximum absolute atomic E-state index is 5.35. The van der Waals surface area contributed by atoms with E-state index < -0.39 is 0 Å². The molecule has 1 saturated carbocycles. The maximum atomic E-state index is 5.35. The summed E-state index contributed by atoms with van der Waals surface area (Å²) in [6.07, 6.45) is 5.79. The van der Waals surface area contributed by atoms with Crippen molar-refractivity contribution in [3.05, 3.63) is 0 Å². The second-order valence-electron chi connectivity index (χ2n) is 3.62. The Morgan fingerprint density at radius 1 is 1.57 bits per heavy atom. The molecule has 0 saturated heterocycles. The highest BCUT2D eigenvalue weighted by molar-refractivity contribution is 8.00. The van der Waals surface area contributed by atoms with Crippen molar-refractivity contribution in [3.63, 3.8) is 0 Å². The lowest BCUT2D eigenvalue weighted by molar-refractivity contribution is 0.782. The Bertz CT molecular complexity index is 201. The summed E-state index contributed by atoms with van der Waals surface area (Å²) in [4.78, 5) is 4.43. The lowest BCUT2D eigenvalue weighted by atomic mass is 10.4. The maximum Gasteiger partial charge on any atom is 0.205 e. The van der Waals surface area contributed by atoms with Crippen LogP contribution in [0.3, 0.4) is 0 Å². The molecular weight excluding hydrogens is 196 g/mol. The Morgan fingerprint density at radius 2 is 2.29 bits per heavy atom. The van der Waals surface area contributed by atoms with Crippen molar-refractivity contribution in [1.82, 2.24) is 10.7 Å². The van der Waals surface area contributed by atoms with Crippen LogP contribution in [-0.4, -0.2) is 30.1 Å². The molecule has 0 unspecified atom stereocenters. The van der Waals surface area contributed by atoms with Gasteiger partial charge in [0.1, 0.15) is 0 Å². The van der Waals surface area contributed by atoms with E-state index in [-0.39, 0.29) is 0 Å². The van der Waals surface area contributed by atoms with Gasteiger partial charge in [0.15, 0.2) is 0 Å². The highest BCUT2D eigenvalue weighted by atomic mass is 32.2. The van der Waals surface area contributed by atoms with Gasteiger partial charge in [-0.05, 0) is 25.5 Å². The number of hydrazine groups is 1. The smallest absolute Gasteiger partial charge is 0.205 e. The lowest BCUT2D eigenvalue weighted by Crippen LogP contribution is -2.42. The fraction of sp³-hybridized carbons (Fsp3) is 0.889. The van der Waals surface area contributed by atoms with Gasteiger partial charge in [-0.25, -0.2) is 5.84 Å². The zero-order chi connectivity index (χ0) is 10.4. The molecule has 1 aliphatic carbocycles. The Balaban J connectivity index is 2.32. The van der Waals surface area contributed by atoms with E-state index in [0.717, 1.165) is 19.5 Å². The molecule has 1 fully saturated rings. The van der Waals surface area contributed by atoms with Gasteiger partial charge in [0, 0.05) is 11.3 Å². The van der Waals surface area contributed by atoms with Gasteiger partial charge in [-0.15, -0.1) is 0 Å². The summed E-state index contributed by atoms with van der Waals surface area (Å²) < 4.78 is 0.413. The molecule has 14 heavy (non-hydrogen) atoms. The molecule has 0 aliphatic heterocycles. The Hall–Kier alpha value is -0.420. The number of rotatable bonds is 5. The molecule has 0 bridgehead atoms. The zero-order valence-corrected chi connectivity index (χ0v) is 9.78. The molecule has 0 heterocycles. The molecule has 0 aromatic rings. The molecule has 0 atom stereocenters. The minimum absolute atomic E-state index is 0.413. The third-order valence-electron chi connectivity index (χ3n) is 2.45. The van der Waals surface area contributed by atoms with Gasteiger partial charge in [0.2, 0.25) is 5.96 Å². The second kappa shape index (κ2) is 5.46. The predicted octanol–water partition coefficient (Wildman–Crippen LogP) is 0.701. The molecule has 4 nitrogen and oxygen atoms in total. The first-order valence-electron chi connectivity index (χ1n) is 5.06. The summed E-state index contributed by atoms with van der Waals surface area (Å²) >= 11 is 1.91. The van der Waals surface area contributed by atoms with Crippen molar-refractivity contribution in [2.24, 2.45) is 10.8 Å². The van der Waals surface area contributed by atoms with Crippen molar-refractivity contribution in [1.29, 1.82) is 0 Å². The van der Waals surface area contributed by atoms with Crippen LogP contribution in [0, 0.1) is 0 Å². The third kappa shape index (κ3) is 3.38. The number of thioether (sulfide) groups is 1. The minimum Gasteiger partial charge on any atom is -0.355 e. The van der Waals surface area contributed by atoms with E-state index in [9.17, 15) is 0 Å². The molecule has 0 aromatic carbocycles. The van der Waals surface area contributed by atoms with E-state index in [2.05, 4.69) is 28.9 Å². The summed E-state index contributed by atoms with van der Waals surface area (Å²) in [5, 5.41) is 3.15. The average molecular weight is 216 g/mol. The number of hydrogen-bond donors (Lipinski definition) is 3.